The molecule has 1 aromatic heterocycles. The number of aryl methyl sites for hydroxylation is 1. The van der Waals surface area contributed by atoms with Crippen molar-refractivity contribution in [1.82, 2.24) is 9.97 Å². The number of carbonyl (C=O) groups is 1. The average Bonchev–Trinajstić information content (AvgIpc) is 3.05. The quantitative estimate of drug-likeness (QED) is 0.629. The first kappa shape index (κ1) is 15.0. The first-order valence-electron chi connectivity index (χ1n) is 7.55. The smallest absolute Gasteiger partial charge is 0.240 e. The van der Waals surface area contributed by atoms with Gasteiger partial charge in [-0.3, -0.25) is 9.69 Å². The molecular formula is C18H17N3O2. The van der Waals surface area contributed by atoms with E-state index in [9.17, 15) is 4.79 Å². The van der Waals surface area contributed by atoms with E-state index in [4.69, 9.17) is 4.74 Å². The number of ether oxygens (including phenoxy) is 1. The summed E-state index contributed by atoms with van der Waals surface area (Å²) in [6.07, 6.45) is 3.52. The molecule has 23 heavy (non-hydrogen) atoms. The van der Waals surface area contributed by atoms with Gasteiger partial charge < -0.3 is 4.74 Å². The number of anilines is 2. The van der Waals surface area contributed by atoms with E-state index in [-0.39, 0.29) is 6.61 Å². The Balaban J connectivity index is 1.99. The lowest BCUT2D eigenvalue weighted by atomic mass is 10.2. The van der Waals surface area contributed by atoms with Gasteiger partial charge in [0.2, 0.25) is 18.2 Å². The van der Waals surface area contributed by atoms with Gasteiger partial charge in [-0.05, 0) is 38.3 Å². The number of benzene rings is 1. The summed E-state index contributed by atoms with van der Waals surface area (Å²) >= 11 is 0. The summed E-state index contributed by atoms with van der Waals surface area (Å²) in [5.41, 5.74) is 2.71. The SMILES string of the molecule is CC#CCOc1nc(N(C=O)c2ccccc2)nc2c1CCC2. The van der Waals surface area contributed by atoms with Crippen LogP contribution in [0.25, 0.3) is 0 Å². The fourth-order valence-electron chi connectivity index (χ4n) is 2.60. The molecule has 1 aliphatic rings. The highest BCUT2D eigenvalue weighted by Crippen LogP contribution is 2.31. The third-order valence-corrected chi connectivity index (χ3v) is 3.70. The molecular weight excluding hydrogens is 290 g/mol. The maximum absolute atomic E-state index is 11.6. The molecule has 1 aromatic carbocycles. The Morgan fingerprint density at radius 1 is 1.26 bits per heavy atom. The molecule has 2 aromatic rings. The van der Waals surface area contributed by atoms with Crippen molar-refractivity contribution in [3.63, 3.8) is 0 Å². The largest absolute Gasteiger partial charge is 0.464 e. The van der Waals surface area contributed by atoms with E-state index >= 15 is 0 Å². The van der Waals surface area contributed by atoms with E-state index in [0.717, 1.165) is 42.6 Å². The van der Waals surface area contributed by atoms with Crippen LogP contribution in [0.1, 0.15) is 24.6 Å². The monoisotopic (exact) mass is 307 g/mol. The normalized spacial score (nSPS) is 12.0. The number of rotatable bonds is 5. The first-order chi connectivity index (χ1) is 11.3. The van der Waals surface area contributed by atoms with E-state index in [0.29, 0.717) is 11.8 Å². The van der Waals surface area contributed by atoms with Gasteiger partial charge in [-0.25, -0.2) is 4.98 Å². The highest BCUT2D eigenvalue weighted by atomic mass is 16.5. The van der Waals surface area contributed by atoms with Crippen LogP contribution in [-0.2, 0) is 17.6 Å². The number of fused-ring (bicyclic) bond motifs is 1. The van der Waals surface area contributed by atoms with E-state index in [2.05, 4.69) is 21.8 Å². The predicted octanol–water partition coefficient (Wildman–Crippen LogP) is 2.66. The zero-order chi connectivity index (χ0) is 16.1. The number of amides is 1. The Bertz CT molecular complexity index is 763. The number of aromatic nitrogens is 2. The van der Waals surface area contributed by atoms with Crippen LogP contribution in [0.5, 0.6) is 5.88 Å². The summed E-state index contributed by atoms with van der Waals surface area (Å²) in [5.74, 6) is 6.54. The van der Waals surface area contributed by atoms with Crippen molar-refractivity contribution in [3.8, 4) is 17.7 Å². The molecule has 1 heterocycles. The zero-order valence-electron chi connectivity index (χ0n) is 13.0. The Hall–Kier alpha value is -2.87. The number of carbonyl (C=O) groups excluding carboxylic acids is 1. The van der Waals surface area contributed by atoms with Crippen molar-refractivity contribution in [2.45, 2.75) is 26.2 Å². The van der Waals surface area contributed by atoms with Gasteiger partial charge in [0.25, 0.3) is 0 Å². The predicted molar refractivity (Wildman–Crippen MR) is 87.6 cm³/mol. The molecule has 0 unspecified atom stereocenters. The van der Waals surface area contributed by atoms with Crippen LogP contribution in [0.15, 0.2) is 30.3 Å². The van der Waals surface area contributed by atoms with Crippen molar-refractivity contribution in [3.05, 3.63) is 41.6 Å². The maximum atomic E-state index is 11.6. The second-order valence-corrected chi connectivity index (χ2v) is 5.13. The first-order valence-corrected chi connectivity index (χ1v) is 7.55. The van der Waals surface area contributed by atoms with Gasteiger partial charge >= 0.3 is 0 Å². The molecule has 1 amide bonds. The van der Waals surface area contributed by atoms with Crippen LogP contribution in [-0.4, -0.2) is 23.0 Å². The lowest BCUT2D eigenvalue weighted by Gasteiger charge is -2.17. The topological polar surface area (TPSA) is 55.3 Å². The molecule has 0 saturated heterocycles. The average molecular weight is 307 g/mol. The van der Waals surface area contributed by atoms with Crippen molar-refractivity contribution in [1.29, 1.82) is 0 Å². The second-order valence-electron chi connectivity index (χ2n) is 5.13. The molecule has 0 fully saturated rings. The highest BCUT2D eigenvalue weighted by molar-refractivity contribution is 5.83. The molecule has 5 heteroatoms. The molecule has 0 bridgehead atoms. The van der Waals surface area contributed by atoms with Crippen molar-refractivity contribution in [2.75, 3.05) is 11.5 Å². The summed E-state index contributed by atoms with van der Waals surface area (Å²) in [5, 5.41) is 0. The molecule has 0 radical (unpaired) electrons. The summed E-state index contributed by atoms with van der Waals surface area (Å²) in [7, 11) is 0. The second kappa shape index (κ2) is 6.93. The summed E-state index contributed by atoms with van der Waals surface area (Å²) in [6.45, 7) is 2.05. The maximum Gasteiger partial charge on any atom is 0.240 e. The summed E-state index contributed by atoms with van der Waals surface area (Å²) in [4.78, 5) is 22.0. The molecule has 1 aliphatic carbocycles. The molecule has 5 nitrogen and oxygen atoms in total. The number of para-hydroxylation sites is 1. The van der Waals surface area contributed by atoms with Crippen molar-refractivity contribution in [2.24, 2.45) is 0 Å². The molecule has 0 saturated carbocycles. The fourth-order valence-corrected chi connectivity index (χ4v) is 2.60. The summed E-state index contributed by atoms with van der Waals surface area (Å²) < 4.78 is 5.69. The minimum absolute atomic E-state index is 0.284. The zero-order valence-corrected chi connectivity index (χ0v) is 13.0. The molecule has 0 atom stereocenters. The standard InChI is InChI=1S/C18H17N3O2/c1-2-3-12-23-17-15-10-7-11-16(15)19-18(20-17)21(13-22)14-8-5-4-6-9-14/h4-6,8-9,13H,7,10-12H2,1H3. The Kier molecular flexibility index (Phi) is 4.53. The van der Waals surface area contributed by atoms with Crippen molar-refractivity contribution >= 4 is 18.0 Å². The summed E-state index contributed by atoms with van der Waals surface area (Å²) in [6, 6.07) is 9.32. The number of hydrogen-bond donors (Lipinski definition) is 0. The Morgan fingerprint density at radius 3 is 2.83 bits per heavy atom. The van der Waals surface area contributed by atoms with Crippen molar-refractivity contribution < 1.29 is 9.53 Å². The molecule has 3 rings (SSSR count). The van der Waals surface area contributed by atoms with Gasteiger partial charge in [0, 0.05) is 5.56 Å². The van der Waals surface area contributed by atoms with Crippen LogP contribution in [0, 0.1) is 11.8 Å². The minimum atomic E-state index is 0.284. The lowest BCUT2D eigenvalue weighted by molar-refractivity contribution is -0.106. The van der Waals surface area contributed by atoms with Crippen LogP contribution in [0.4, 0.5) is 11.6 Å². The van der Waals surface area contributed by atoms with Gasteiger partial charge in [0.1, 0.15) is 0 Å². The van der Waals surface area contributed by atoms with Gasteiger partial charge in [-0.15, -0.1) is 5.92 Å². The minimum Gasteiger partial charge on any atom is -0.464 e. The Labute approximate surface area is 135 Å². The number of hydrogen-bond acceptors (Lipinski definition) is 4. The molecule has 116 valence electrons. The third-order valence-electron chi connectivity index (χ3n) is 3.70. The van der Waals surface area contributed by atoms with Gasteiger partial charge in [-0.1, -0.05) is 24.1 Å². The fraction of sp³-hybridized carbons (Fsp3) is 0.278. The third kappa shape index (κ3) is 3.16. The molecule has 0 spiro atoms. The number of nitrogens with zero attached hydrogens (tertiary/aromatic N) is 3. The molecule has 0 N–H and O–H groups in total. The van der Waals surface area contributed by atoms with Gasteiger partial charge in [0.05, 0.1) is 11.4 Å². The van der Waals surface area contributed by atoms with E-state index < -0.39 is 0 Å². The van der Waals surface area contributed by atoms with Crippen LogP contribution in [0.3, 0.4) is 0 Å². The van der Waals surface area contributed by atoms with Gasteiger partial charge in [0.15, 0.2) is 6.61 Å². The van der Waals surface area contributed by atoms with Crippen LogP contribution in [0.2, 0.25) is 0 Å². The Morgan fingerprint density at radius 2 is 2.09 bits per heavy atom. The van der Waals surface area contributed by atoms with Gasteiger partial charge in [-0.2, -0.15) is 4.98 Å². The lowest BCUT2D eigenvalue weighted by Crippen LogP contribution is -2.18. The van der Waals surface area contributed by atoms with Crippen LogP contribution >= 0.6 is 0 Å². The van der Waals surface area contributed by atoms with E-state index in [1.54, 1.807) is 6.92 Å². The van der Waals surface area contributed by atoms with E-state index in [1.807, 2.05) is 30.3 Å². The van der Waals surface area contributed by atoms with E-state index in [1.165, 1.54) is 4.90 Å². The van der Waals surface area contributed by atoms with Crippen LogP contribution < -0.4 is 9.64 Å². The molecule has 0 aliphatic heterocycles. The highest BCUT2D eigenvalue weighted by Gasteiger charge is 2.23.